The molecule has 3 fully saturated rings. The first-order chi connectivity index (χ1) is 14.0. The Hall–Kier alpha value is 0.194. The van der Waals surface area contributed by atoms with E-state index < -0.39 is 17.8 Å². The van der Waals surface area contributed by atoms with E-state index in [1.807, 2.05) is 0 Å². The predicted molar refractivity (Wildman–Crippen MR) is 138 cm³/mol. The lowest BCUT2D eigenvalue weighted by Gasteiger charge is -2.65. The van der Waals surface area contributed by atoms with E-state index in [0.717, 1.165) is 0 Å². The molecule has 0 bridgehead atoms. The van der Waals surface area contributed by atoms with Crippen molar-refractivity contribution in [3.63, 3.8) is 0 Å². The molecule has 2 spiro atoms. The van der Waals surface area contributed by atoms with Gasteiger partial charge in [0.25, 0.3) is 0 Å². The molecule has 188 valence electrons. The third-order valence-electron chi connectivity index (χ3n) is 7.67. The van der Waals surface area contributed by atoms with Crippen molar-refractivity contribution < 1.29 is 8.23 Å². The molecule has 3 rings (SSSR count). The number of rotatable bonds is 0. The average molecular weight is 485 g/mol. The topological polar surface area (TPSA) is 31.4 Å². The standard InChI is InChI=1S/C24H52N4O2Si2/c1-17-18(2)26(22(8,9)10)31(25(17)21(5,6)7)29-32(30-31)27(23(11,12)13)19(3)20(4)28(32)24(14,15)16/h17-20H,1-16H3. The van der Waals surface area contributed by atoms with Crippen LogP contribution < -0.4 is 0 Å². The second kappa shape index (κ2) is 7.35. The van der Waals surface area contributed by atoms with Crippen molar-refractivity contribution in [3.05, 3.63) is 0 Å². The summed E-state index contributed by atoms with van der Waals surface area (Å²) >= 11 is 0. The minimum atomic E-state index is -2.83. The van der Waals surface area contributed by atoms with Crippen molar-refractivity contribution in [2.75, 3.05) is 0 Å². The van der Waals surface area contributed by atoms with Crippen LogP contribution in [0, 0.1) is 0 Å². The third-order valence-corrected chi connectivity index (χ3v) is 18.7. The molecule has 32 heavy (non-hydrogen) atoms. The largest absolute Gasteiger partial charge is 0.509 e. The molecule has 0 amide bonds. The minimum Gasteiger partial charge on any atom is -0.366 e. The Kier molecular flexibility index (Phi) is 6.16. The van der Waals surface area contributed by atoms with Gasteiger partial charge in [-0.05, 0) is 111 Å². The molecule has 4 unspecified atom stereocenters. The molecular formula is C24H52N4O2Si2. The van der Waals surface area contributed by atoms with Gasteiger partial charge in [0.1, 0.15) is 0 Å². The number of nitrogens with zero attached hydrogens (tertiary/aromatic N) is 4. The zero-order valence-electron chi connectivity index (χ0n) is 23.9. The zero-order valence-corrected chi connectivity index (χ0v) is 25.9. The van der Waals surface area contributed by atoms with Gasteiger partial charge in [-0.2, -0.15) is 0 Å². The van der Waals surface area contributed by atoms with Gasteiger partial charge in [-0.3, -0.25) is 18.3 Å². The SMILES string of the molecule is CC1C(C)N(C(C)(C)C)[Si]2(O[Si]3(O2)N(C(C)(C)C)C(C)C(C)N3C(C)(C)C)N1C(C)(C)C. The van der Waals surface area contributed by atoms with Gasteiger partial charge >= 0.3 is 17.8 Å². The van der Waals surface area contributed by atoms with Gasteiger partial charge in [-0.1, -0.05) is 0 Å². The Bertz CT molecular complexity index is 612. The van der Waals surface area contributed by atoms with Gasteiger partial charge in [0.2, 0.25) is 0 Å². The number of hydrogen-bond donors (Lipinski definition) is 0. The molecule has 0 aromatic carbocycles. The maximum atomic E-state index is 7.63. The van der Waals surface area contributed by atoms with Crippen LogP contribution in [0.5, 0.6) is 0 Å². The third kappa shape index (κ3) is 3.63. The highest BCUT2D eigenvalue weighted by molar-refractivity contribution is 6.90. The molecule has 0 radical (unpaired) electrons. The van der Waals surface area contributed by atoms with E-state index in [4.69, 9.17) is 8.23 Å². The summed E-state index contributed by atoms with van der Waals surface area (Å²) < 4.78 is 25.8. The van der Waals surface area contributed by atoms with E-state index in [1.54, 1.807) is 0 Å². The minimum absolute atomic E-state index is 0.0368. The van der Waals surface area contributed by atoms with Crippen LogP contribution in [0.2, 0.25) is 0 Å². The monoisotopic (exact) mass is 484 g/mol. The van der Waals surface area contributed by atoms with E-state index in [1.165, 1.54) is 0 Å². The van der Waals surface area contributed by atoms with Crippen molar-refractivity contribution in [2.24, 2.45) is 0 Å². The zero-order chi connectivity index (χ0) is 25.0. The van der Waals surface area contributed by atoms with Crippen molar-refractivity contribution in [3.8, 4) is 0 Å². The maximum Gasteiger partial charge on any atom is 0.509 e. The smallest absolute Gasteiger partial charge is 0.366 e. The quantitative estimate of drug-likeness (QED) is 0.455. The number of hydrogen-bond acceptors (Lipinski definition) is 6. The average Bonchev–Trinajstić information content (AvgIpc) is 2.84. The van der Waals surface area contributed by atoms with Gasteiger partial charge < -0.3 is 8.23 Å². The predicted octanol–water partition coefficient (Wildman–Crippen LogP) is 4.89. The summed E-state index contributed by atoms with van der Waals surface area (Å²) in [7, 11) is -5.66. The lowest BCUT2D eigenvalue weighted by Crippen LogP contribution is -2.93. The van der Waals surface area contributed by atoms with E-state index in [0.29, 0.717) is 24.2 Å². The van der Waals surface area contributed by atoms with Crippen LogP contribution in [0.15, 0.2) is 0 Å². The van der Waals surface area contributed by atoms with E-state index in [2.05, 4.69) is 129 Å². The van der Waals surface area contributed by atoms with Gasteiger partial charge in [-0.15, -0.1) is 0 Å². The summed E-state index contributed by atoms with van der Waals surface area (Å²) in [6.45, 7) is 37.3. The summed E-state index contributed by atoms with van der Waals surface area (Å²) in [5.74, 6) is 0. The molecule has 0 aromatic rings. The fraction of sp³-hybridized carbons (Fsp3) is 1.00. The Labute approximate surface area is 201 Å². The fourth-order valence-corrected chi connectivity index (χ4v) is 19.8. The van der Waals surface area contributed by atoms with Crippen LogP contribution in [-0.2, 0) is 8.23 Å². The van der Waals surface area contributed by atoms with Crippen LogP contribution in [0.4, 0.5) is 0 Å². The molecule has 3 aliphatic heterocycles. The van der Waals surface area contributed by atoms with E-state index >= 15 is 0 Å². The van der Waals surface area contributed by atoms with Gasteiger partial charge in [-0.25, -0.2) is 0 Å². The fourth-order valence-electron chi connectivity index (χ4n) is 7.01. The molecular weight excluding hydrogens is 432 g/mol. The Morgan fingerprint density at radius 1 is 0.406 bits per heavy atom. The lowest BCUT2D eigenvalue weighted by atomic mass is 10.0. The maximum absolute atomic E-state index is 7.63. The van der Waals surface area contributed by atoms with Crippen LogP contribution >= 0.6 is 0 Å². The van der Waals surface area contributed by atoms with Crippen LogP contribution in [0.25, 0.3) is 0 Å². The van der Waals surface area contributed by atoms with Crippen molar-refractivity contribution in [2.45, 2.75) is 157 Å². The van der Waals surface area contributed by atoms with E-state index in [-0.39, 0.29) is 22.2 Å². The second-order valence-electron chi connectivity index (χ2n) is 14.4. The van der Waals surface area contributed by atoms with Crippen LogP contribution in [0.1, 0.15) is 111 Å². The highest BCUT2D eigenvalue weighted by Gasteiger charge is 2.85. The first-order valence-electron chi connectivity index (χ1n) is 12.6. The summed E-state index contributed by atoms with van der Waals surface area (Å²) in [5, 5.41) is 0. The summed E-state index contributed by atoms with van der Waals surface area (Å²) in [6.07, 6.45) is 0. The molecule has 3 heterocycles. The molecule has 0 aromatic heterocycles. The first kappa shape index (κ1) is 26.8. The van der Waals surface area contributed by atoms with Crippen molar-refractivity contribution in [1.82, 2.24) is 18.3 Å². The summed E-state index contributed by atoms with van der Waals surface area (Å²) in [4.78, 5) is 0. The molecule has 0 saturated carbocycles. The summed E-state index contributed by atoms with van der Waals surface area (Å²) in [6, 6.07) is 1.48. The normalized spacial score (nSPS) is 41.2. The summed E-state index contributed by atoms with van der Waals surface area (Å²) in [5.41, 5.74) is -0.147. The first-order valence-corrected chi connectivity index (χ1v) is 16.0. The van der Waals surface area contributed by atoms with Gasteiger partial charge in [0, 0.05) is 46.3 Å². The Morgan fingerprint density at radius 3 is 0.688 bits per heavy atom. The van der Waals surface area contributed by atoms with Crippen molar-refractivity contribution >= 4 is 17.8 Å². The molecule has 4 atom stereocenters. The second-order valence-corrected chi connectivity index (χ2v) is 20.2. The molecule has 0 aliphatic carbocycles. The van der Waals surface area contributed by atoms with Gasteiger partial charge in [0.05, 0.1) is 0 Å². The molecule has 3 aliphatic rings. The lowest BCUT2D eigenvalue weighted by molar-refractivity contribution is -0.0191. The molecule has 3 saturated heterocycles. The Balaban J connectivity index is 2.21. The van der Waals surface area contributed by atoms with Gasteiger partial charge in [0.15, 0.2) is 0 Å². The highest BCUT2D eigenvalue weighted by atomic mass is 28.5. The van der Waals surface area contributed by atoms with Crippen molar-refractivity contribution in [1.29, 1.82) is 0 Å². The van der Waals surface area contributed by atoms with Crippen LogP contribution in [0.3, 0.4) is 0 Å². The molecule has 6 nitrogen and oxygen atoms in total. The van der Waals surface area contributed by atoms with Crippen LogP contribution in [-0.4, -0.2) is 82.4 Å². The highest BCUT2D eigenvalue weighted by Crippen LogP contribution is 2.56. The Morgan fingerprint density at radius 2 is 0.562 bits per heavy atom. The molecule has 0 N–H and O–H groups in total. The van der Waals surface area contributed by atoms with E-state index in [9.17, 15) is 0 Å². The molecule has 8 heteroatoms.